The molecule has 3 heteroatoms. The van der Waals surface area contributed by atoms with Gasteiger partial charge in [-0.2, -0.15) is 0 Å². The van der Waals surface area contributed by atoms with Crippen LogP contribution in [0.15, 0.2) is 24.3 Å². The zero-order valence-electron chi connectivity index (χ0n) is 14.3. The van der Waals surface area contributed by atoms with Crippen molar-refractivity contribution in [3.63, 3.8) is 0 Å². The van der Waals surface area contributed by atoms with Gasteiger partial charge < -0.3 is 15.5 Å². The van der Waals surface area contributed by atoms with Crippen LogP contribution in [-0.2, 0) is 6.54 Å². The summed E-state index contributed by atoms with van der Waals surface area (Å²) in [6.45, 7) is 9.62. The molecule has 3 nitrogen and oxygen atoms in total. The second-order valence-corrected chi connectivity index (χ2v) is 6.21. The van der Waals surface area contributed by atoms with Crippen LogP contribution in [0.5, 0.6) is 0 Å². The highest BCUT2D eigenvalue weighted by atomic mass is 15.1. The van der Waals surface area contributed by atoms with Gasteiger partial charge in [0.25, 0.3) is 0 Å². The van der Waals surface area contributed by atoms with Gasteiger partial charge >= 0.3 is 0 Å². The lowest BCUT2D eigenvalue weighted by Gasteiger charge is -2.26. The van der Waals surface area contributed by atoms with E-state index in [0.717, 1.165) is 19.6 Å². The van der Waals surface area contributed by atoms with E-state index in [9.17, 15) is 0 Å². The molecule has 2 N–H and O–H groups in total. The second kappa shape index (κ2) is 9.93. The Hall–Kier alpha value is -0.900. The molecule has 0 fully saturated rings. The standard InChI is InChI=1S/C18H33N3/c1-5-11-21(12-6-2)15-18(13-19)17-9-7-16(8-10-17)14-20(3)4/h7-10,18H,5-6,11-15,19H2,1-4H3. The highest BCUT2D eigenvalue weighted by molar-refractivity contribution is 5.26. The van der Waals surface area contributed by atoms with E-state index in [1.165, 1.54) is 37.1 Å². The van der Waals surface area contributed by atoms with E-state index in [1.54, 1.807) is 0 Å². The summed E-state index contributed by atoms with van der Waals surface area (Å²) >= 11 is 0. The van der Waals surface area contributed by atoms with Crippen LogP contribution in [-0.4, -0.2) is 50.1 Å². The molecule has 21 heavy (non-hydrogen) atoms. The summed E-state index contributed by atoms with van der Waals surface area (Å²) < 4.78 is 0. The van der Waals surface area contributed by atoms with Crippen molar-refractivity contribution < 1.29 is 0 Å². The summed E-state index contributed by atoms with van der Waals surface area (Å²) in [5.74, 6) is 0.441. The van der Waals surface area contributed by atoms with Gasteiger partial charge in [0.05, 0.1) is 0 Å². The largest absolute Gasteiger partial charge is 0.330 e. The van der Waals surface area contributed by atoms with Crippen LogP contribution >= 0.6 is 0 Å². The summed E-state index contributed by atoms with van der Waals surface area (Å²) in [5, 5.41) is 0. The van der Waals surface area contributed by atoms with Gasteiger partial charge in [0.2, 0.25) is 0 Å². The molecule has 0 aliphatic carbocycles. The maximum atomic E-state index is 6.03. The van der Waals surface area contributed by atoms with Gasteiger partial charge in [0.15, 0.2) is 0 Å². The average Bonchev–Trinajstić information content (AvgIpc) is 2.45. The minimum absolute atomic E-state index is 0.441. The molecule has 0 spiro atoms. The van der Waals surface area contributed by atoms with Gasteiger partial charge in [-0.1, -0.05) is 38.1 Å². The summed E-state index contributed by atoms with van der Waals surface area (Å²) in [4.78, 5) is 4.74. The first-order valence-corrected chi connectivity index (χ1v) is 8.26. The number of benzene rings is 1. The maximum Gasteiger partial charge on any atom is 0.0227 e. The molecule has 1 rings (SSSR count). The average molecular weight is 291 g/mol. The molecular formula is C18H33N3. The Morgan fingerprint density at radius 1 is 1.00 bits per heavy atom. The molecule has 0 saturated heterocycles. The third-order valence-electron chi connectivity index (χ3n) is 3.79. The summed E-state index contributed by atoms with van der Waals surface area (Å²) in [6, 6.07) is 8.99. The van der Waals surface area contributed by atoms with Crippen molar-refractivity contribution in [2.24, 2.45) is 5.73 Å². The molecule has 0 aliphatic rings. The molecule has 0 amide bonds. The molecule has 0 saturated carbocycles. The lowest BCUT2D eigenvalue weighted by atomic mass is 9.97. The fourth-order valence-electron chi connectivity index (χ4n) is 2.81. The number of nitrogens with two attached hydrogens (primary N) is 1. The number of hydrogen-bond acceptors (Lipinski definition) is 3. The first kappa shape index (κ1) is 18.1. The number of nitrogens with zero attached hydrogens (tertiary/aromatic N) is 2. The zero-order valence-corrected chi connectivity index (χ0v) is 14.3. The quantitative estimate of drug-likeness (QED) is 0.719. The lowest BCUT2D eigenvalue weighted by molar-refractivity contribution is 0.258. The molecular weight excluding hydrogens is 258 g/mol. The van der Waals surface area contributed by atoms with Crippen LogP contribution in [0, 0.1) is 0 Å². The Morgan fingerprint density at radius 3 is 2.00 bits per heavy atom. The molecule has 1 atom stereocenters. The van der Waals surface area contributed by atoms with Crippen LogP contribution in [0.1, 0.15) is 43.7 Å². The maximum absolute atomic E-state index is 6.03. The minimum atomic E-state index is 0.441. The lowest BCUT2D eigenvalue weighted by Crippen LogP contribution is -2.33. The van der Waals surface area contributed by atoms with Gasteiger partial charge in [-0.3, -0.25) is 0 Å². The molecule has 1 unspecified atom stereocenters. The SMILES string of the molecule is CCCN(CCC)CC(CN)c1ccc(CN(C)C)cc1. The van der Waals surface area contributed by atoms with Crippen LogP contribution in [0.2, 0.25) is 0 Å². The minimum Gasteiger partial charge on any atom is -0.330 e. The fraction of sp³-hybridized carbons (Fsp3) is 0.667. The topological polar surface area (TPSA) is 32.5 Å². The monoisotopic (exact) mass is 291 g/mol. The first-order valence-electron chi connectivity index (χ1n) is 8.26. The van der Waals surface area contributed by atoms with E-state index in [4.69, 9.17) is 5.73 Å². The van der Waals surface area contributed by atoms with Crippen LogP contribution in [0.3, 0.4) is 0 Å². The van der Waals surface area contributed by atoms with Crippen molar-refractivity contribution in [2.45, 2.75) is 39.2 Å². The second-order valence-electron chi connectivity index (χ2n) is 6.21. The van der Waals surface area contributed by atoms with E-state index in [2.05, 4.69) is 62.0 Å². The van der Waals surface area contributed by atoms with Crippen molar-refractivity contribution in [3.05, 3.63) is 35.4 Å². The van der Waals surface area contributed by atoms with E-state index in [-0.39, 0.29) is 0 Å². The smallest absolute Gasteiger partial charge is 0.0227 e. The van der Waals surface area contributed by atoms with Crippen molar-refractivity contribution in [3.8, 4) is 0 Å². The Labute approximate surface area is 131 Å². The highest BCUT2D eigenvalue weighted by Gasteiger charge is 2.14. The number of rotatable bonds is 10. The normalized spacial score (nSPS) is 13.1. The molecule has 0 bridgehead atoms. The van der Waals surface area contributed by atoms with E-state index in [1.807, 2.05) is 0 Å². The van der Waals surface area contributed by atoms with Crippen LogP contribution in [0.4, 0.5) is 0 Å². The summed E-state index contributed by atoms with van der Waals surface area (Å²) in [7, 11) is 4.20. The van der Waals surface area contributed by atoms with E-state index >= 15 is 0 Å². The van der Waals surface area contributed by atoms with Crippen molar-refractivity contribution >= 4 is 0 Å². The molecule has 1 aromatic rings. The Balaban J connectivity index is 2.69. The molecule has 120 valence electrons. The third-order valence-corrected chi connectivity index (χ3v) is 3.79. The van der Waals surface area contributed by atoms with Gasteiger partial charge in [-0.05, 0) is 51.2 Å². The van der Waals surface area contributed by atoms with Crippen molar-refractivity contribution in [1.82, 2.24) is 9.80 Å². The van der Waals surface area contributed by atoms with Gasteiger partial charge in [0.1, 0.15) is 0 Å². The van der Waals surface area contributed by atoms with Crippen molar-refractivity contribution in [2.75, 3.05) is 40.3 Å². The Kier molecular flexibility index (Phi) is 8.58. The van der Waals surface area contributed by atoms with E-state index in [0.29, 0.717) is 5.92 Å². The molecule has 0 aliphatic heterocycles. The first-order chi connectivity index (χ1) is 10.1. The molecule has 0 aromatic heterocycles. The fourth-order valence-corrected chi connectivity index (χ4v) is 2.81. The summed E-state index contributed by atoms with van der Waals surface area (Å²) in [5.41, 5.74) is 8.76. The third kappa shape index (κ3) is 6.60. The molecule has 0 radical (unpaired) electrons. The van der Waals surface area contributed by atoms with Crippen LogP contribution < -0.4 is 5.73 Å². The highest BCUT2D eigenvalue weighted by Crippen LogP contribution is 2.18. The predicted octanol–water partition coefficient (Wildman–Crippen LogP) is 2.91. The van der Waals surface area contributed by atoms with Gasteiger partial charge in [0, 0.05) is 25.6 Å². The van der Waals surface area contributed by atoms with Gasteiger partial charge in [-0.15, -0.1) is 0 Å². The zero-order chi connectivity index (χ0) is 15.7. The number of hydrogen-bond donors (Lipinski definition) is 1. The Morgan fingerprint density at radius 2 is 1.57 bits per heavy atom. The van der Waals surface area contributed by atoms with Gasteiger partial charge in [-0.25, -0.2) is 0 Å². The molecule has 1 aromatic carbocycles. The summed E-state index contributed by atoms with van der Waals surface area (Å²) in [6.07, 6.45) is 2.41. The predicted molar refractivity (Wildman–Crippen MR) is 92.7 cm³/mol. The van der Waals surface area contributed by atoms with Crippen LogP contribution in [0.25, 0.3) is 0 Å². The van der Waals surface area contributed by atoms with E-state index < -0.39 is 0 Å². The Bertz CT molecular complexity index is 367. The molecule has 0 heterocycles. The van der Waals surface area contributed by atoms with Crippen molar-refractivity contribution in [1.29, 1.82) is 0 Å².